The normalized spacial score (nSPS) is 17.1. The second-order valence-corrected chi connectivity index (χ2v) is 9.67. The van der Waals surface area contributed by atoms with Crippen LogP contribution in [0.15, 0.2) is 82.7 Å². The van der Waals surface area contributed by atoms with Gasteiger partial charge < -0.3 is 14.5 Å². The number of carbonyl (C=O) groups is 1. The third-order valence-electron chi connectivity index (χ3n) is 5.83. The molecule has 2 aliphatic rings. The van der Waals surface area contributed by atoms with Crippen molar-refractivity contribution in [1.29, 1.82) is 0 Å². The number of amides is 1. The number of hydrogen-bond acceptors (Lipinski definition) is 5. The van der Waals surface area contributed by atoms with E-state index in [4.69, 9.17) is 16.3 Å². The van der Waals surface area contributed by atoms with Gasteiger partial charge in [0.1, 0.15) is 18.2 Å². The molecule has 1 amide bonds. The molecule has 1 saturated heterocycles. The fourth-order valence-electron chi connectivity index (χ4n) is 3.97. The van der Waals surface area contributed by atoms with Crippen LogP contribution in [0.5, 0.6) is 5.75 Å². The molecule has 0 radical (unpaired) electrons. The quantitative estimate of drug-likeness (QED) is 0.405. The van der Waals surface area contributed by atoms with Crippen LogP contribution in [0.2, 0.25) is 5.02 Å². The lowest BCUT2D eigenvalue weighted by atomic mass is 10.2. The molecule has 0 saturated carbocycles. The molecule has 0 aliphatic carbocycles. The summed E-state index contributed by atoms with van der Waals surface area (Å²) in [5.74, 6) is 0.262. The number of rotatable bonds is 5. The lowest BCUT2D eigenvalue weighted by Crippen LogP contribution is -2.48. The monoisotopic (exact) mass is 507 g/mol. The zero-order chi connectivity index (χ0) is 24.2. The summed E-state index contributed by atoms with van der Waals surface area (Å²) >= 11 is 7.31. The first-order chi connectivity index (χ1) is 17.0. The minimum absolute atomic E-state index is 0.215. The summed E-state index contributed by atoms with van der Waals surface area (Å²) in [6.45, 7) is 3.11. The van der Waals surface area contributed by atoms with Crippen molar-refractivity contribution in [3.63, 3.8) is 0 Å². The summed E-state index contributed by atoms with van der Waals surface area (Å²) in [7, 11) is 0. The molecule has 3 aromatic rings. The van der Waals surface area contributed by atoms with Gasteiger partial charge in [-0.3, -0.25) is 4.79 Å². The number of nitrogens with zero attached hydrogens (tertiary/aromatic N) is 3. The Bertz CT molecular complexity index is 1290. The Balaban J connectivity index is 1.19. The summed E-state index contributed by atoms with van der Waals surface area (Å²) in [6, 6.07) is 22.0. The molecule has 35 heavy (non-hydrogen) atoms. The van der Waals surface area contributed by atoms with Gasteiger partial charge >= 0.3 is 0 Å². The van der Waals surface area contributed by atoms with Crippen LogP contribution < -0.4 is 9.64 Å². The molecule has 2 heterocycles. The minimum atomic E-state index is -0.242. The van der Waals surface area contributed by atoms with Crippen LogP contribution in [-0.4, -0.2) is 42.2 Å². The van der Waals surface area contributed by atoms with Crippen molar-refractivity contribution in [2.75, 3.05) is 31.1 Å². The van der Waals surface area contributed by atoms with E-state index in [9.17, 15) is 9.18 Å². The Hall–Kier alpha value is -3.29. The molecule has 5 nitrogen and oxygen atoms in total. The molecule has 0 bridgehead atoms. The average molecular weight is 508 g/mol. The molecule has 1 fully saturated rings. The molecule has 2 aliphatic heterocycles. The van der Waals surface area contributed by atoms with Gasteiger partial charge in [-0.1, -0.05) is 48.0 Å². The number of aliphatic imine (C=N–C) groups is 1. The van der Waals surface area contributed by atoms with E-state index < -0.39 is 0 Å². The Morgan fingerprint density at radius 2 is 1.71 bits per heavy atom. The number of ether oxygens (including phenoxy) is 1. The van der Waals surface area contributed by atoms with Crippen LogP contribution >= 0.6 is 23.4 Å². The first-order valence-corrected chi connectivity index (χ1v) is 12.5. The first-order valence-electron chi connectivity index (χ1n) is 11.3. The highest BCUT2D eigenvalue weighted by Crippen LogP contribution is 2.32. The Labute approximate surface area is 212 Å². The Morgan fingerprint density at radius 3 is 2.49 bits per heavy atom. The lowest BCUT2D eigenvalue weighted by molar-refractivity contribution is -0.113. The summed E-state index contributed by atoms with van der Waals surface area (Å²) in [6.07, 6.45) is 1.84. The van der Waals surface area contributed by atoms with Gasteiger partial charge in [0.25, 0.3) is 5.91 Å². The predicted octanol–water partition coefficient (Wildman–Crippen LogP) is 5.85. The maximum atomic E-state index is 14.1. The molecule has 0 spiro atoms. The van der Waals surface area contributed by atoms with Gasteiger partial charge in [0.05, 0.1) is 10.6 Å². The van der Waals surface area contributed by atoms with Gasteiger partial charge in [0.2, 0.25) is 0 Å². The highest BCUT2D eigenvalue weighted by molar-refractivity contribution is 8.18. The molecule has 178 valence electrons. The standard InChI is InChI=1S/C27H23ClFN3O2S/c28-21-10-8-19(9-11-21)18-34-22-5-3-4-20(16-22)17-25-26(33)30-27(35-25)32-14-12-31(13-15-32)24-7-2-1-6-23(24)29/h1-11,16-17H,12-15,18H2. The van der Waals surface area contributed by atoms with Gasteiger partial charge in [-0.15, -0.1) is 0 Å². The van der Waals surface area contributed by atoms with Gasteiger partial charge in [-0.25, -0.2) is 4.39 Å². The maximum Gasteiger partial charge on any atom is 0.286 e. The number of carbonyl (C=O) groups excluding carboxylic acids is 1. The van der Waals surface area contributed by atoms with Crippen LogP contribution in [0.4, 0.5) is 10.1 Å². The highest BCUT2D eigenvalue weighted by Gasteiger charge is 2.29. The summed E-state index contributed by atoms with van der Waals surface area (Å²) in [4.78, 5) is 21.5. The lowest BCUT2D eigenvalue weighted by Gasteiger charge is -2.36. The third kappa shape index (κ3) is 5.69. The van der Waals surface area contributed by atoms with E-state index in [1.165, 1.54) is 17.8 Å². The average Bonchev–Trinajstić information content (AvgIpc) is 3.24. The minimum Gasteiger partial charge on any atom is -0.489 e. The van der Waals surface area contributed by atoms with E-state index >= 15 is 0 Å². The zero-order valence-electron chi connectivity index (χ0n) is 18.9. The number of para-hydroxylation sites is 1. The van der Waals surface area contributed by atoms with Gasteiger partial charge in [-0.05, 0) is 65.4 Å². The van der Waals surface area contributed by atoms with Crippen LogP contribution in [0.3, 0.4) is 0 Å². The smallest absolute Gasteiger partial charge is 0.286 e. The van der Waals surface area contributed by atoms with Crippen molar-refractivity contribution in [1.82, 2.24) is 4.90 Å². The zero-order valence-corrected chi connectivity index (χ0v) is 20.4. The van der Waals surface area contributed by atoms with Gasteiger partial charge in [0.15, 0.2) is 5.17 Å². The van der Waals surface area contributed by atoms with E-state index in [-0.39, 0.29) is 11.7 Å². The van der Waals surface area contributed by atoms with Crippen LogP contribution in [-0.2, 0) is 11.4 Å². The number of piperazine rings is 1. The number of halogens is 2. The van der Waals surface area contributed by atoms with E-state index in [0.29, 0.717) is 53.6 Å². The SMILES string of the molecule is O=C1N=C(N2CCN(c3ccccc3F)CC2)SC1=Cc1cccc(OCc2ccc(Cl)cc2)c1. The summed E-state index contributed by atoms with van der Waals surface area (Å²) in [5.41, 5.74) is 2.51. The molecule has 0 unspecified atom stereocenters. The van der Waals surface area contributed by atoms with E-state index in [1.54, 1.807) is 12.1 Å². The molecule has 8 heteroatoms. The topological polar surface area (TPSA) is 45.1 Å². The molecule has 0 aromatic heterocycles. The fourth-order valence-corrected chi connectivity index (χ4v) is 5.06. The number of hydrogen-bond donors (Lipinski definition) is 0. The molecular formula is C27H23ClFN3O2S. The van der Waals surface area contributed by atoms with E-state index in [2.05, 4.69) is 9.89 Å². The van der Waals surface area contributed by atoms with Crippen LogP contribution in [0.25, 0.3) is 6.08 Å². The van der Waals surface area contributed by atoms with E-state index in [1.807, 2.05) is 65.6 Å². The first kappa shape index (κ1) is 23.5. The predicted molar refractivity (Wildman–Crippen MR) is 140 cm³/mol. The molecule has 5 rings (SSSR count). The number of benzene rings is 3. The van der Waals surface area contributed by atoms with Crippen molar-refractivity contribution < 1.29 is 13.9 Å². The van der Waals surface area contributed by atoms with E-state index in [0.717, 1.165) is 16.9 Å². The third-order valence-corrected chi connectivity index (χ3v) is 7.12. The number of thioether (sulfide) groups is 1. The second-order valence-electron chi connectivity index (χ2n) is 8.22. The molecule has 0 N–H and O–H groups in total. The molecule has 3 aromatic carbocycles. The van der Waals surface area contributed by atoms with Crippen molar-refractivity contribution in [2.24, 2.45) is 4.99 Å². The van der Waals surface area contributed by atoms with Gasteiger partial charge in [-0.2, -0.15) is 4.99 Å². The second kappa shape index (κ2) is 10.5. The highest BCUT2D eigenvalue weighted by atomic mass is 35.5. The fraction of sp³-hybridized carbons (Fsp3) is 0.185. The maximum absolute atomic E-state index is 14.1. The Morgan fingerprint density at radius 1 is 0.971 bits per heavy atom. The van der Waals surface area contributed by atoms with Crippen LogP contribution in [0, 0.1) is 5.82 Å². The van der Waals surface area contributed by atoms with Gasteiger partial charge in [0, 0.05) is 31.2 Å². The van der Waals surface area contributed by atoms with Crippen molar-refractivity contribution in [2.45, 2.75) is 6.61 Å². The summed E-state index contributed by atoms with van der Waals surface area (Å²) < 4.78 is 20.0. The van der Waals surface area contributed by atoms with Crippen molar-refractivity contribution in [3.8, 4) is 5.75 Å². The number of amidine groups is 1. The molecule has 0 atom stereocenters. The summed E-state index contributed by atoms with van der Waals surface area (Å²) in [5, 5.41) is 1.39. The Kier molecular flexibility index (Phi) is 7.06. The largest absolute Gasteiger partial charge is 0.489 e. The van der Waals surface area contributed by atoms with Crippen LogP contribution in [0.1, 0.15) is 11.1 Å². The van der Waals surface area contributed by atoms with Crippen molar-refractivity contribution >= 4 is 46.2 Å². The van der Waals surface area contributed by atoms with Crippen molar-refractivity contribution in [3.05, 3.63) is 99.7 Å². The molecular weight excluding hydrogens is 485 g/mol. The number of anilines is 1.